The van der Waals surface area contributed by atoms with E-state index in [9.17, 15) is 5.11 Å². The summed E-state index contributed by atoms with van der Waals surface area (Å²) in [4.78, 5) is 0. The van der Waals surface area contributed by atoms with Gasteiger partial charge >= 0.3 is 0 Å². The van der Waals surface area contributed by atoms with E-state index < -0.39 is 0 Å². The molecule has 0 bridgehead atoms. The Labute approximate surface area is 170 Å². The molecule has 2 atom stereocenters. The molecule has 3 heteroatoms. The third-order valence-electron chi connectivity index (χ3n) is 5.43. The van der Waals surface area contributed by atoms with E-state index in [-0.39, 0.29) is 5.16 Å². The summed E-state index contributed by atoms with van der Waals surface area (Å²) in [6.45, 7) is 9.39. The molecule has 0 aliphatic rings. The van der Waals surface area contributed by atoms with Crippen molar-refractivity contribution in [1.29, 1.82) is 0 Å². The average Bonchev–Trinajstić information content (AvgIpc) is 2.70. The summed E-state index contributed by atoms with van der Waals surface area (Å²) in [6, 6.07) is 23.2. The molecule has 0 saturated heterocycles. The first-order chi connectivity index (χ1) is 13.4. The van der Waals surface area contributed by atoms with Crippen molar-refractivity contribution in [3.63, 3.8) is 0 Å². The second kappa shape index (κ2) is 8.80. The van der Waals surface area contributed by atoms with Crippen LogP contribution in [0, 0.1) is 13.8 Å². The van der Waals surface area contributed by atoms with Crippen molar-refractivity contribution in [1.82, 2.24) is 0 Å². The van der Waals surface area contributed by atoms with Crippen molar-refractivity contribution in [2.45, 2.75) is 45.8 Å². The van der Waals surface area contributed by atoms with Crippen molar-refractivity contribution in [3.05, 3.63) is 89.0 Å². The Hall–Kier alpha value is -2.31. The molecule has 0 radical (unpaired) electrons. The monoisotopic (exact) mass is 391 g/mol. The molecule has 0 heterocycles. The van der Waals surface area contributed by atoms with Gasteiger partial charge in [0.25, 0.3) is 0 Å². The maximum absolute atomic E-state index is 10.8. The van der Waals surface area contributed by atoms with Gasteiger partial charge in [0.05, 0.1) is 0 Å². The minimum absolute atomic E-state index is 0.0935. The van der Waals surface area contributed by atoms with Crippen LogP contribution in [0.5, 0.6) is 5.75 Å². The maximum Gasteiger partial charge on any atom is 0.122 e. The van der Waals surface area contributed by atoms with Gasteiger partial charge in [0, 0.05) is 23.0 Å². The predicted octanol–water partition coefficient (Wildman–Crippen LogP) is 6.25. The Kier molecular flexibility index (Phi) is 6.42. The fourth-order valence-corrected chi connectivity index (χ4v) is 5.18. The van der Waals surface area contributed by atoms with Gasteiger partial charge in [0.2, 0.25) is 0 Å². The highest BCUT2D eigenvalue weighted by atomic mass is 31.1. The van der Waals surface area contributed by atoms with Gasteiger partial charge in [-0.15, -0.1) is 0 Å². The minimum Gasteiger partial charge on any atom is -0.507 e. The number of aromatic hydroxyl groups is 1. The Morgan fingerprint density at radius 1 is 0.964 bits per heavy atom. The van der Waals surface area contributed by atoms with Crippen molar-refractivity contribution in [2.75, 3.05) is 5.32 Å². The van der Waals surface area contributed by atoms with E-state index in [1.807, 2.05) is 25.1 Å². The smallest absolute Gasteiger partial charge is 0.122 e. The van der Waals surface area contributed by atoms with Crippen LogP contribution < -0.4 is 10.6 Å². The Balaban J connectivity index is 1.89. The van der Waals surface area contributed by atoms with Gasteiger partial charge in [-0.25, -0.2) is 0 Å². The number of hydrogen-bond donors (Lipinski definition) is 2. The van der Waals surface area contributed by atoms with Crippen LogP contribution in [0.2, 0.25) is 0 Å². The third kappa shape index (κ3) is 4.56. The molecule has 0 amide bonds. The number of phenolic OH excluding ortho intramolecular Hbond substituents is 1. The fourth-order valence-electron chi connectivity index (χ4n) is 3.57. The molecule has 2 N–H and O–H groups in total. The van der Waals surface area contributed by atoms with E-state index in [1.165, 1.54) is 16.4 Å². The van der Waals surface area contributed by atoms with Crippen molar-refractivity contribution < 1.29 is 5.11 Å². The summed E-state index contributed by atoms with van der Waals surface area (Å²) in [7, 11) is 0.581. The van der Waals surface area contributed by atoms with E-state index in [0.29, 0.717) is 14.3 Å². The van der Waals surface area contributed by atoms with E-state index in [2.05, 4.69) is 74.6 Å². The molecule has 2 nitrogen and oxygen atoms in total. The Morgan fingerprint density at radius 2 is 1.64 bits per heavy atom. The first kappa shape index (κ1) is 20.4. The summed E-state index contributed by atoms with van der Waals surface area (Å²) in [5.74, 6) is 0.447. The summed E-state index contributed by atoms with van der Waals surface area (Å²) in [5, 5.41) is 15.6. The van der Waals surface area contributed by atoms with Crippen LogP contribution in [0.15, 0.2) is 66.7 Å². The summed E-state index contributed by atoms with van der Waals surface area (Å²) < 4.78 is 0. The lowest BCUT2D eigenvalue weighted by atomic mass is 9.93. The van der Waals surface area contributed by atoms with Crippen LogP contribution in [0.4, 0.5) is 5.69 Å². The second-order valence-electron chi connectivity index (χ2n) is 7.67. The second-order valence-corrected chi connectivity index (χ2v) is 9.56. The summed E-state index contributed by atoms with van der Waals surface area (Å²) in [5.41, 5.74) is 5.67. The molecule has 0 aliphatic heterocycles. The van der Waals surface area contributed by atoms with Gasteiger partial charge < -0.3 is 10.4 Å². The number of para-hydroxylation sites is 1. The quantitative estimate of drug-likeness (QED) is 0.467. The van der Waals surface area contributed by atoms with Gasteiger partial charge in [0.1, 0.15) is 5.75 Å². The highest BCUT2D eigenvalue weighted by Gasteiger charge is 2.29. The largest absolute Gasteiger partial charge is 0.507 e. The molecular formula is C25H30NOP. The van der Waals surface area contributed by atoms with Crippen LogP contribution in [-0.4, -0.2) is 5.11 Å². The maximum atomic E-state index is 10.8. The Morgan fingerprint density at radius 3 is 2.36 bits per heavy atom. The molecule has 3 aromatic rings. The number of benzene rings is 3. The molecule has 0 aromatic heterocycles. The molecule has 3 rings (SSSR count). The van der Waals surface area contributed by atoms with E-state index in [4.69, 9.17) is 0 Å². The lowest BCUT2D eigenvalue weighted by molar-refractivity contribution is 0.452. The third-order valence-corrected chi connectivity index (χ3v) is 7.36. The number of anilines is 1. The SMILES string of the molecule is CCC(C)(Pc1ccccc1CNc1ccccc1)c1cc(C)cc(C)c1O. The van der Waals surface area contributed by atoms with Gasteiger partial charge in [0.15, 0.2) is 0 Å². The molecule has 2 unspecified atom stereocenters. The first-order valence-electron chi connectivity index (χ1n) is 9.88. The first-order valence-corrected chi connectivity index (χ1v) is 10.9. The van der Waals surface area contributed by atoms with Crippen LogP contribution >= 0.6 is 8.58 Å². The van der Waals surface area contributed by atoms with Gasteiger partial charge in [-0.05, 0) is 48.8 Å². The zero-order valence-electron chi connectivity index (χ0n) is 17.2. The highest BCUT2D eigenvalue weighted by Crippen LogP contribution is 2.48. The standard InChI is InChI=1S/C25H30NOP/c1-5-25(4,22-16-18(2)15-19(3)24(22)27)28-23-14-10-9-11-20(23)17-26-21-12-7-6-8-13-21/h6-16,26-28H,5,17H2,1-4H3. The normalized spacial score (nSPS) is 13.6. The zero-order chi connectivity index (χ0) is 20.1. The van der Waals surface area contributed by atoms with Crippen LogP contribution in [0.1, 0.15) is 42.5 Å². The lowest BCUT2D eigenvalue weighted by Crippen LogP contribution is -2.21. The summed E-state index contributed by atoms with van der Waals surface area (Å²) in [6.07, 6.45) is 0.975. The molecule has 0 fully saturated rings. The number of nitrogens with one attached hydrogen (secondary N) is 1. The number of aryl methyl sites for hydroxylation is 2. The molecule has 0 aliphatic carbocycles. The molecule has 0 spiro atoms. The van der Waals surface area contributed by atoms with Gasteiger partial charge in [-0.1, -0.05) is 82.6 Å². The van der Waals surface area contributed by atoms with Crippen molar-refractivity contribution in [2.24, 2.45) is 0 Å². The molecular weight excluding hydrogens is 361 g/mol. The van der Waals surface area contributed by atoms with Gasteiger partial charge in [-0.3, -0.25) is 0 Å². The van der Waals surface area contributed by atoms with E-state index >= 15 is 0 Å². The fraction of sp³-hybridized carbons (Fsp3) is 0.280. The van der Waals surface area contributed by atoms with Gasteiger partial charge in [-0.2, -0.15) is 0 Å². The predicted molar refractivity (Wildman–Crippen MR) is 123 cm³/mol. The Bertz CT molecular complexity index is 939. The van der Waals surface area contributed by atoms with E-state index in [1.54, 1.807) is 0 Å². The van der Waals surface area contributed by atoms with Crippen molar-refractivity contribution in [3.8, 4) is 5.75 Å². The molecule has 146 valence electrons. The van der Waals surface area contributed by atoms with Crippen LogP contribution in [-0.2, 0) is 11.7 Å². The van der Waals surface area contributed by atoms with Crippen molar-refractivity contribution >= 4 is 19.6 Å². The lowest BCUT2D eigenvalue weighted by Gasteiger charge is -2.31. The number of hydrogen-bond acceptors (Lipinski definition) is 2. The average molecular weight is 391 g/mol. The number of rotatable bonds is 7. The van der Waals surface area contributed by atoms with Crippen LogP contribution in [0.3, 0.4) is 0 Å². The van der Waals surface area contributed by atoms with Crippen LogP contribution in [0.25, 0.3) is 0 Å². The zero-order valence-corrected chi connectivity index (χ0v) is 18.2. The van der Waals surface area contributed by atoms with E-state index in [0.717, 1.165) is 29.8 Å². The minimum atomic E-state index is -0.0935. The summed E-state index contributed by atoms with van der Waals surface area (Å²) >= 11 is 0. The molecule has 0 saturated carbocycles. The molecule has 28 heavy (non-hydrogen) atoms. The molecule has 3 aromatic carbocycles. The topological polar surface area (TPSA) is 32.3 Å². The number of phenols is 1. The highest BCUT2D eigenvalue weighted by molar-refractivity contribution is 7.48.